The Bertz CT molecular complexity index is 984. The number of aromatic carboxylic acids is 1. The summed E-state index contributed by atoms with van der Waals surface area (Å²) in [6.45, 7) is 6.22. The van der Waals surface area contributed by atoms with E-state index in [1.807, 2.05) is 69.4 Å². The van der Waals surface area contributed by atoms with Crippen LogP contribution in [0.15, 0.2) is 48.5 Å². The third-order valence-electron chi connectivity index (χ3n) is 4.55. The van der Waals surface area contributed by atoms with Gasteiger partial charge in [0, 0.05) is 25.0 Å². The molecule has 1 atom stereocenters. The van der Waals surface area contributed by atoms with Gasteiger partial charge in [0.05, 0.1) is 5.69 Å². The zero-order chi connectivity index (χ0) is 19.7. The number of hydrogen-bond donors (Lipinski definition) is 1. The van der Waals surface area contributed by atoms with E-state index in [4.69, 9.17) is 11.6 Å². The molecule has 0 saturated heterocycles. The van der Waals surface area contributed by atoms with E-state index in [-0.39, 0.29) is 0 Å². The summed E-state index contributed by atoms with van der Waals surface area (Å²) in [5.74, 6) is -0.892. The number of hydrogen-bond acceptors (Lipinski definition) is 3. The predicted molar refractivity (Wildman–Crippen MR) is 119 cm³/mol. The lowest BCUT2D eigenvalue weighted by Crippen LogP contribution is -2.20. The Morgan fingerprint density at radius 3 is 2.37 bits per heavy atom. The fourth-order valence-electron chi connectivity index (χ4n) is 2.94. The number of thiophene rings is 1. The first-order chi connectivity index (χ1) is 12.8. The summed E-state index contributed by atoms with van der Waals surface area (Å²) in [7, 11) is 1.24. The highest BCUT2D eigenvalue weighted by Crippen LogP contribution is 2.45. The van der Waals surface area contributed by atoms with Crippen LogP contribution in [0.4, 0.5) is 5.69 Å². The maximum absolute atomic E-state index is 11.9. The van der Waals surface area contributed by atoms with Crippen LogP contribution in [0.1, 0.15) is 20.8 Å². The maximum Gasteiger partial charge on any atom is 0.348 e. The van der Waals surface area contributed by atoms with E-state index < -0.39 is 14.0 Å². The Labute approximate surface area is 170 Å². The number of aryl methyl sites for hydroxylation is 2. The van der Waals surface area contributed by atoms with Crippen LogP contribution in [0.3, 0.4) is 0 Å². The van der Waals surface area contributed by atoms with Gasteiger partial charge in [-0.1, -0.05) is 47.5 Å². The summed E-state index contributed by atoms with van der Waals surface area (Å²) < 4.78 is 2.09. The number of rotatable bonds is 5. The van der Waals surface area contributed by atoms with Crippen molar-refractivity contribution in [1.82, 2.24) is 0 Å². The molecule has 3 aromatic rings. The molecule has 0 aliphatic heterocycles. The average Bonchev–Trinajstić information content (AvgIpc) is 3.07. The number of carboxylic acids is 1. The Morgan fingerprint density at radius 1 is 1.11 bits per heavy atom. The minimum Gasteiger partial charge on any atom is -0.477 e. The summed E-state index contributed by atoms with van der Waals surface area (Å²) >= 11 is 7.41. The second-order valence-corrected chi connectivity index (χ2v) is 10.1. The van der Waals surface area contributed by atoms with Crippen LogP contribution in [-0.2, 0) is 0 Å². The van der Waals surface area contributed by atoms with Crippen LogP contribution >= 0.6 is 31.0 Å². The summed E-state index contributed by atoms with van der Waals surface area (Å²) in [6.07, 6.45) is 0. The molecule has 1 heterocycles. The molecular weight excluding hydrogens is 397 g/mol. The number of carboxylic acid groups (broad SMARTS) is 1. The smallest absolute Gasteiger partial charge is 0.348 e. The molecule has 3 rings (SSSR count). The number of benzene rings is 2. The van der Waals surface area contributed by atoms with Crippen molar-refractivity contribution < 1.29 is 9.90 Å². The molecule has 0 amide bonds. The molecule has 1 aromatic heterocycles. The monoisotopic (exact) mass is 417 g/mol. The summed E-state index contributed by atoms with van der Waals surface area (Å²) in [4.78, 5) is 13.2. The topological polar surface area (TPSA) is 40.5 Å². The number of anilines is 1. The van der Waals surface area contributed by atoms with Crippen molar-refractivity contribution in [3.63, 3.8) is 0 Å². The zero-order valence-electron chi connectivity index (χ0n) is 15.7. The van der Waals surface area contributed by atoms with Gasteiger partial charge >= 0.3 is 5.97 Å². The third-order valence-corrected chi connectivity index (χ3v) is 8.26. The van der Waals surface area contributed by atoms with E-state index >= 15 is 0 Å². The molecule has 0 fully saturated rings. The standard InChI is InChI=1S/C21H21ClNO2PS/c1-13-5-7-15(8-6-13)19-12-17(20(27-19)21(24)25)23(3)26(4)18-10-9-16(22)11-14(18)2/h5-12H,1-4H3,(H,24,25). The molecular formula is C21H21ClNO2PS. The van der Waals surface area contributed by atoms with Crippen LogP contribution < -0.4 is 9.97 Å². The van der Waals surface area contributed by atoms with Crippen molar-refractivity contribution >= 4 is 48.0 Å². The summed E-state index contributed by atoms with van der Waals surface area (Å²) in [5, 5.41) is 11.6. The minimum atomic E-state index is -0.892. The van der Waals surface area contributed by atoms with E-state index in [9.17, 15) is 9.90 Å². The Hall–Kier alpha value is -1.87. The Morgan fingerprint density at radius 2 is 1.78 bits per heavy atom. The van der Waals surface area contributed by atoms with Gasteiger partial charge < -0.3 is 9.78 Å². The first-order valence-electron chi connectivity index (χ1n) is 8.45. The SMILES string of the molecule is Cc1ccc(-c2cc(N(C)P(C)c3ccc(Cl)cc3C)c(C(=O)O)s2)cc1. The molecule has 27 heavy (non-hydrogen) atoms. The normalized spacial score (nSPS) is 12.0. The van der Waals surface area contributed by atoms with Gasteiger partial charge in [0.2, 0.25) is 0 Å². The molecule has 0 bridgehead atoms. The zero-order valence-corrected chi connectivity index (χ0v) is 18.1. The fourth-order valence-corrected chi connectivity index (χ4v) is 5.94. The lowest BCUT2D eigenvalue weighted by atomic mass is 10.1. The summed E-state index contributed by atoms with van der Waals surface area (Å²) in [6, 6.07) is 16.0. The van der Waals surface area contributed by atoms with Gasteiger partial charge in [0.15, 0.2) is 0 Å². The highest BCUT2D eigenvalue weighted by atomic mass is 35.5. The highest BCUT2D eigenvalue weighted by Gasteiger charge is 2.23. The van der Waals surface area contributed by atoms with E-state index in [0.29, 0.717) is 9.90 Å². The number of carbonyl (C=O) groups is 1. The largest absolute Gasteiger partial charge is 0.477 e. The van der Waals surface area contributed by atoms with Crippen LogP contribution in [0, 0.1) is 13.8 Å². The van der Waals surface area contributed by atoms with Crippen molar-refractivity contribution in [2.24, 2.45) is 0 Å². The van der Waals surface area contributed by atoms with Crippen molar-refractivity contribution in [2.45, 2.75) is 13.8 Å². The lowest BCUT2D eigenvalue weighted by molar-refractivity contribution is 0.0703. The Balaban J connectivity index is 2.01. The molecule has 0 aliphatic carbocycles. The Kier molecular flexibility index (Phi) is 5.90. The van der Waals surface area contributed by atoms with Gasteiger partial charge in [-0.25, -0.2) is 4.79 Å². The first-order valence-corrected chi connectivity index (χ1v) is 11.4. The number of halogens is 1. The van der Waals surface area contributed by atoms with Crippen LogP contribution in [0.5, 0.6) is 0 Å². The lowest BCUT2D eigenvalue weighted by Gasteiger charge is -2.28. The van der Waals surface area contributed by atoms with Gasteiger partial charge in [-0.05, 0) is 55.1 Å². The predicted octanol–water partition coefficient (Wildman–Crippen LogP) is 6.17. The van der Waals surface area contributed by atoms with Crippen LogP contribution in [0.2, 0.25) is 5.02 Å². The molecule has 1 N–H and O–H groups in total. The summed E-state index contributed by atoms with van der Waals surface area (Å²) in [5.41, 5.74) is 4.09. The highest BCUT2D eigenvalue weighted by molar-refractivity contribution is 7.66. The molecule has 6 heteroatoms. The molecule has 0 radical (unpaired) electrons. The second-order valence-electron chi connectivity index (χ2n) is 6.47. The van der Waals surface area contributed by atoms with Gasteiger partial charge in [-0.2, -0.15) is 0 Å². The van der Waals surface area contributed by atoms with Crippen molar-refractivity contribution in [2.75, 3.05) is 18.4 Å². The average molecular weight is 418 g/mol. The van der Waals surface area contributed by atoms with Gasteiger partial charge in [0.1, 0.15) is 4.88 Å². The van der Waals surface area contributed by atoms with Crippen molar-refractivity contribution in [3.8, 4) is 10.4 Å². The first kappa shape index (κ1) is 19.9. The quantitative estimate of drug-likeness (QED) is 0.504. The number of nitrogens with zero attached hydrogens (tertiary/aromatic N) is 1. The van der Waals surface area contributed by atoms with E-state index in [2.05, 4.69) is 11.3 Å². The maximum atomic E-state index is 11.9. The molecule has 1 unspecified atom stereocenters. The molecule has 0 spiro atoms. The molecule has 140 valence electrons. The third kappa shape index (κ3) is 4.19. The van der Waals surface area contributed by atoms with E-state index in [1.54, 1.807) is 0 Å². The van der Waals surface area contributed by atoms with Gasteiger partial charge in [-0.3, -0.25) is 0 Å². The molecule has 2 aromatic carbocycles. The van der Waals surface area contributed by atoms with Crippen molar-refractivity contribution in [3.05, 3.63) is 69.6 Å². The molecule has 0 saturated carbocycles. The second kappa shape index (κ2) is 8.02. The van der Waals surface area contributed by atoms with Crippen molar-refractivity contribution in [1.29, 1.82) is 0 Å². The van der Waals surface area contributed by atoms with E-state index in [1.165, 1.54) is 22.2 Å². The molecule has 0 aliphatic rings. The van der Waals surface area contributed by atoms with Gasteiger partial charge in [0.25, 0.3) is 0 Å². The fraction of sp³-hybridized carbons (Fsp3) is 0.190. The minimum absolute atomic E-state index is 0.369. The molecule has 3 nitrogen and oxygen atoms in total. The van der Waals surface area contributed by atoms with Gasteiger partial charge in [-0.15, -0.1) is 11.3 Å². The van der Waals surface area contributed by atoms with Crippen LogP contribution in [-0.4, -0.2) is 24.8 Å². The van der Waals surface area contributed by atoms with E-state index in [0.717, 1.165) is 21.7 Å². The van der Waals surface area contributed by atoms with Crippen LogP contribution in [0.25, 0.3) is 10.4 Å².